The number of aryl methyl sites for hydroxylation is 1. The molecule has 6 nitrogen and oxygen atoms in total. The summed E-state index contributed by atoms with van der Waals surface area (Å²) in [5.41, 5.74) is 2.11. The Kier molecular flexibility index (Phi) is 3.74. The van der Waals surface area contributed by atoms with Gasteiger partial charge >= 0.3 is 5.69 Å². The largest absolute Gasteiger partial charge is 0.487 e. The Bertz CT molecular complexity index is 1340. The van der Waals surface area contributed by atoms with Gasteiger partial charge in [-0.2, -0.15) is 4.39 Å². The lowest BCUT2D eigenvalue weighted by Crippen LogP contribution is -2.33. The van der Waals surface area contributed by atoms with E-state index in [1.807, 2.05) is 13.8 Å². The van der Waals surface area contributed by atoms with Crippen molar-refractivity contribution in [1.82, 2.24) is 19.1 Å². The van der Waals surface area contributed by atoms with E-state index in [1.54, 1.807) is 17.8 Å². The molecule has 1 aliphatic heterocycles. The van der Waals surface area contributed by atoms with Crippen LogP contribution in [0, 0.1) is 17.7 Å². The number of imidazole rings is 1. The number of aromatic nitrogens is 4. The third-order valence-electron chi connectivity index (χ3n) is 5.56. The molecule has 0 spiro atoms. The number of nitrogens with zero attached hydrogens (tertiary/aromatic N) is 4. The van der Waals surface area contributed by atoms with Gasteiger partial charge in [0.1, 0.15) is 17.7 Å². The zero-order valence-electron chi connectivity index (χ0n) is 16.1. The van der Waals surface area contributed by atoms with E-state index in [9.17, 15) is 9.18 Å². The molecule has 0 fully saturated rings. The molecule has 0 N–H and O–H groups in total. The maximum Gasteiger partial charge on any atom is 0.329 e. The smallest absolute Gasteiger partial charge is 0.329 e. The number of rotatable bonds is 2. The summed E-state index contributed by atoms with van der Waals surface area (Å²) >= 11 is 0. The molecule has 1 aromatic carbocycles. The quantitative estimate of drug-likeness (QED) is 0.486. The van der Waals surface area contributed by atoms with Gasteiger partial charge in [0.15, 0.2) is 0 Å². The highest BCUT2D eigenvalue weighted by molar-refractivity contribution is 6.09. The maximum absolute atomic E-state index is 15.2. The number of pyridine rings is 2. The number of hydrogen-bond acceptors (Lipinski definition) is 4. The van der Waals surface area contributed by atoms with Crippen molar-refractivity contribution >= 4 is 21.9 Å². The van der Waals surface area contributed by atoms with Crippen LogP contribution in [0.25, 0.3) is 33.1 Å². The van der Waals surface area contributed by atoms with E-state index in [1.165, 1.54) is 29.0 Å². The van der Waals surface area contributed by atoms with Crippen LogP contribution in [0.15, 0.2) is 35.4 Å². The van der Waals surface area contributed by atoms with Crippen LogP contribution >= 0.6 is 0 Å². The van der Waals surface area contributed by atoms with E-state index in [0.29, 0.717) is 39.8 Å². The summed E-state index contributed by atoms with van der Waals surface area (Å²) in [7, 11) is 1.69. The molecule has 0 saturated heterocycles. The molecule has 4 heterocycles. The molecule has 148 valence electrons. The van der Waals surface area contributed by atoms with Gasteiger partial charge < -0.3 is 4.74 Å². The number of halogens is 2. The fourth-order valence-electron chi connectivity index (χ4n) is 3.96. The fourth-order valence-corrected chi connectivity index (χ4v) is 3.96. The summed E-state index contributed by atoms with van der Waals surface area (Å²) in [6.07, 6.45) is 2.50. The minimum Gasteiger partial charge on any atom is -0.487 e. The van der Waals surface area contributed by atoms with E-state index in [2.05, 4.69) is 9.97 Å². The lowest BCUT2D eigenvalue weighted by molar-refractivity contribution is 0.137. The Balaban J connectivity index is 1.97. The minimum absolute atomic E-state index is 0.0666. The molecule has 1 aliphatic rings. The van der Waals surface area contributed by atoms with Crippen LogP contribution in [-0.2, 0) is 13.6 Å². The SMILES string of the molecule is CC(C)C1Cn2c(=O)n(C)c3cnc4cc(F)c(-c5ccc(F)nc5)c(c4c32)O1. The van der Waals surface area contributed by atoms with E-state index in [-0.39, 0.29) is 23.3 Å². The number of benzene rings is 1. The van der Waals surface area contributed by atoms with E-state index >= 15 is 4.39 Å². The Hall–Kier alpha value is -3.29. The van der Waals surface area contributed by atoms with Crippen LogP contribution in [0.1, 0.15) is 13.8 Å². The van der Waals surface area contributed by atoms with Crippen molar-refractivity contribution in [3.05, 3.63) is 52.8 Å². The van der Waals surface area contributed by atoms with Gasteiger partial charge in [-0.05, 0) is 18.1 Å². The Labute approximate surface area is 164 Å². The second-order valence-corrected chi connectivity index (χ2v) is 7.67. The molecule has 29 heavy (non-hydrogen) atoms. The van der Waals surface area contributed by atoms with Gasteiger partial charge in [0.25, 0.3) is 0 Å². The van der Waals surface area contributed by atoms with Crippen molar-refractivity contribution in [2.45, 2.75) is 26.5 Å². The van der Waals surface area contributed by atoms with E-state index < -0.39 is 11.8 Å². The van der Waals surface area contributed by atoms with Gasteiger partial charge in [-0.15, -0.1) is 0 Å². The van der Waals surface area contributed by atoms with Crippen molar-refractivity contribution in [3.8, 4) is 16.9 Å². The minimum atomic E-state index is -0.650. The first-order valence-electron chi connectivity index (χ1n) is 9.36. The van der Waals surface area contributed by atoms with Crippen LogP contribution in [0.2, 0.25) is 0 Å². The zero-order valence-corrected chi connectivity index (χ0v) is 16.1. The summed E-state index contributed by atoms with van der Waals surface area (Å²) in [5.74, 6) is -0.816. The van der Waals surface area contributed by atoms with Gasteiger partial charge in [0, 0.05) is 24.9 Å². The molecule has 4 aromatic rings. The molecule has 1 atom stereocenters. The summed E-state index contributed by atoms with van der Waals surface area (Å²) in [6.45, 7) is 4.31. The van der Waals surface area contributed by atoms with Gasteiger partial charge in [-0.1, -0.05) is 13.8 Å². The summed E-state index contributed by atoms with van der Waals surface area (Å²) < 4.78 is 38.1. The predicted molar refractivity (Wildman–Crippen MR) is 105 cm³/mol. The molecule has 8 heteroatoms. The first kappa shape index (κ1) is 17.8. The maximum atomic E-state index is 15.2. The molecule has 1 unspecified atom stereocenters. The van der Waals surface area contributed by atoms with Crippen molar-refractivity contribution in [2.75, 3.05) is 0 Å². The average molecular weight is 396 g/mol. The molecular weight excluding hydrogens is 378 g/mol. The molecule has 0 radical (unpaired) electrons. The lowest BCUT2D eigenvalue weighted by Gasteiger charge is -2.23. The first-order chi connectivity index (χ1) is 13.9. The Morgan fingerprint density at radius 1 is 1.21 bits per heavy atom. The standard InChI is InChI=1S/C21H18F2N4O2/c1-10(2)15-9-27-19-14(26(3)21(27)28)8-24-13-6-12(22)17(20(29-15)18(13)19)11-4-5-16(23)25-7-11/h4-8,10,15H,9H2,1-3H3. The summed E-state index contributed by atoms with van der Waals surface area (Å²) in [4.78, 5) is 20.9. The first-order valence-corrected chi connectivity index (χ1v) is 9.36. The third kappa shape index (κ3) is 2.48. The number of ether oxygens (including phenoxy) is 1. The highest BCUT2D eigenvalue weighted by atomic mass is 19.1. The van der Waals surface area contributed by atoms with Crippen molar-refractivity contribution in [1.29, 1.82) is 0 Å². The summed E-state index contributed by atoms with van der Waals surface area (Å²) in [6, 6.07) is 3.96. The number of hydrogen-bond donors (Lipinski definition) is 0. The van der Waals surface area contributed by atoms with Gasteiger partial charge in [-0.25, -0.2) is 14.2 Å². The molecule has 0 amide bonds. The van der Waals surface area contributed by atoms with Gasteiger partial charge in [0.05, 0.1) is 40.2 Å². The highest BCUT2D eigenvalue weighted by Crippen LogP contribution is 2.43. The van der Waals surface area contributed by atoms with Crippen LogP contribution in [-0.4, -0.2) is 25.2 Å². The Morgan fingerprint density at radius 2 is 2.00 bits per heavy atom. The molecule has 0 saturated carbocycles. The molecule has 5 rings (SSSR count). The topological polar surface area (TPSA) is 61.9 Å². The molecular formula is C21H18F2N4O2. The molecule has 0 bridgehead atoms. The monoisotopic (exact) mass is 396 g/mol. The lowest BCUT2D eigenvalue weighted by atomic mass is 10.0. The van der Waals surface area contributed by atoms with Crippen LogP contribution in [0.3, 0.4) is 0 Å². The van der Waals surface area contributed by atoms with E-state index in [0.717, 1.165) is 0 Å². The van der Waals surface area contributed by atoms with Crippen molar-refractivity contribution < 1.29 is 13.5 Å². The average Bonchev–Trinajstić information content (AvgIpc) is 2.83. The van der Waals surface area contributed by atoms with Crippen LogP contribution in [0.5, 0.6) is 5.75 Å². The van der Waals surface area contributed by atoms with Crippen LogP contribution < -0.4 is 10.4 Å². The molecule has 0 aliphatic carbocycles. The summed E-state index contributed by atoms with van der Waals surface area (Å²) in [5, 5.41) is 0.573. The van der Waals surface area contributed by atoms with Crippen LogP contribution in [0.4, 0.5) is 8.78 Å². The molecule has 3 aromatic heterocycles. The van der Waals surface area contributed by atoms with Crippen molar-refractivity contribution in [3.63, 3.8) is 0 Å². The third-order valence-corrected chi connectivity index (χ3v) is 5.56. The fraction of sp³-hybridized carbons (Fsp3) is 0.286. The second kappa shape index (κ2) is 6.10. The highest BCUT2D eigenvalue weighted by Gasteiger charge is 2.30. The van der Waals surface area contributed by atoms with E-state index in [4.69, 9.17) is 4.74 Å². The zero-order chi connectivity index (χ0) is 20.4. The predicted octanol–water partition coefficient (Wildman–Crippen LogP) is 3.65. The second-order valence-electron chi connectivity index (χ2n) is 7.67. The van der Waals surface area contributed by atoms with Crippen molar-refractivity contribution in [2.24, 2.45) is 13.0 Å². The van der Waals surface area contributed by atoms with Gasteiger partial charge in [0.2, 0.25) is 5.95 Å². The Morgan fingerprint density at radius 3 is 2.69 bits per heavy atom. The normalized spacial score (nSPS) is 16.0. The van der Waals surface area contributed by atoms with Gasteiger partial charge in [-0.3, -0.25) is 14.1 Å².